The second-order valence-corrected chi connectivity index (χ2v) is 3.89. The van der Waals surface area contributed by atoms with Crippen molar-refractivity contribution in [2.75, 3.05) is 0 Å². The van der Waals surface area contributed by atoms with Crippen LogP contribution in [-0.2, 0) is 14.3 Å². The van der Waals surface area contributed by atoms with Crippen molar-refractivity contribution in [1.82, 2.24) is 0 Å². The molecular formula is C9H16O5. The molecule has 82 valence electrons. The van der Waals surface area contributed by atoms with Crippen LogP contribution in [0.2, 0.25) is 0 Å². The SMILES string of the molecule is CC(=O)OC1C(C)OC(O)CC1(C)O. The number of hydrogen-bond donors (Lipinski definition) is 2. The van der Waals surface area contributed by atoms with Gasteiger partial charge in [-0.15, -0.1) is 0 Å². The Kier molecular flexibility index (Phi) is 3.14. The van der Waals surface area contributed by atoms with Gasteiger partial charge >= 0.3 is 5.97 Å². The van der Waals surface area contributed by atoms with E-state index >= 15 is 0 Å². The first-order valence-corrected chi connectivity index (χ1v) is 4.56. The second kappa shape index (κ2) is 3.84. The lowest BCUT2D eigenvalue weighted by Crippen LogP contribution is -2.56. The lowest BCUT2D eigenvalue weighted by Gasteiger charge is -2.42. The summed E-state index contributed by atoms with van der Waals surface area (Å²) in [7, 11) is 0. The summed E-state index contributed by atoms with van der Waals surface area (Å²) in [6, 6.07) is 0. The quantitative estimate of drug-likeness (QED) is 0.578. The van der Waals surface area contributed by atoms with Gasteiger partial charge in [-0.3, -0.25) is 4.79 Å². The van der Waals surface area contributed by atoms with Crippen molar-refractivity contribution in [2.24, 2.45) is 0 Å². The molecule has 0 amide bonds. The first-order chi connectivity index (χ1) is 6.33. The molecule has 0 saturated carbocycles. The molecule has 0 spiro atoms. The number of hydrogen-bond acceptors (Lipinski definition) is 5. The third-order valence-corrected chi connectivity index (χ3v) is 2.29. The van der Waals surface area contributed by atoms with Crippen LogP contribution in [-0.4, -0.2) is 40.3 Å². The molecule has 14 heavy (non-hydrogen) atoms. The van der Waals surface area contributed by atoms with E-state index in [1.54, 1.807) is 6.92 Å². The molecule has 0 aromatic carbocycles. The normalized spacial score (nSPS) is 43.4. The van der Waals surface area contributed by atoms with E-state index in [1.165, 1.54) is 13.8 Å². The highest BCUT2D eigenvalue weighted by molar-refractivity contribution is 5.66. The van der Waals surface area contributed by atoms with E-state index in [1.807, 2.05) is 0 Å². The minimum atomic E-state index is -1.25. The highest BCUT2D eigenvalue weighted by Crippen LogP contribution is 2.30. The zero-order valence-corrected chi connectivity index (χ0v) is 8.56. The van der Waals surface area contributed by atoms with Crippen molar-refractivity contribution < 1.29 is 24.5 Å². The van der Waals surface area contributed by atoms with E-state index in [-0.39, 0.29) is 6.42 Å². The Labute approximate surface area is 82.6 Å². The molecule has 1 saturated heterocycles. The molecule has 4 unspecified atom stereocenters. The topological polar surface area (TPSA) is 76.0 Å². The maximum absolute atomic E-state index is 10.8. The summed E-state index contributed by atoms with van der Waals surface area (Å²) in [6.07, 6.45) is -2.22. The van der Waals surface area contributed by atoms with Crippen LogP contribution in [0.3, 0.4) is 0 Å². The number of aliphatic hydroxyl groups is 2. The molecule has 5 heteroatoms. The highest BCUT2D eigenvalue weighted by Gasteiger charge is 2.45. The minimum Gasteiger partial charge on any atom is -0.457 e. The van der Waals surface area contributed by atoms with Crippen LogP contribution in [0.25, 0.3) is 0 Å². The largest absolute Gasteiger partial charge is 0.457 e. The molecule has 0 radical (unpaired) electrons. The molecule has 0 aliphatic carbocycles. The fraction of sp³-hybridized carbons (Fsp3) is 0.889. The Morgan fingerprint density at radius 1 is 1.64 bits per heavy atom. The van der Waals surface area contributed by atoms with Crippen LogP contribution in [0.5, 0.6) is 0 Å². The fourth-order valence-electron chi connectivity index (χ4n) is 1.74. The lowest BCUT2D eigenvalue weighted by atomic mass is 9.89. The van der Waals surface area contributed by atoms with Crippen molar-refractivity contribution in [3.63, 3.8) is 0 Å². The molecule has 0 aromatic heterocycles. The number of rotatable bonds is 1. The summed E-state index contributed by atoms with van der Waals surface area (Å²) < 4.78 is 10.00. The summed E-state index contributed by atoms with van der Waals surface area (Å²) >= 11 is 0. The van der Waals surface area contributed by atoms with Crippen molar-refractivity contribution >= 4 is 5.97 Å². The van der Waals surface area contributed by atoms with Gasteiger partial charge in [0.2, 0.25) is 0 Å². The molecule has 4 atom stereocenters. The smallest absolute Gasteiger partial charge is 0.303 e. The van der Waals surface area contributed by atoms with Gasteiger partial charge in [-0.05, 0) is 13.8 Å². The van der Waals surface area contributed by atoms with Gasteiger partial charge in [0.15, 0.2) is 12.4 Å². The predicted octanol–water partition coefficient (Wildman–Crippen LogP) is -0.204. The molecule has 1 fully saturated rings. The molecule has 2 N–H and O–H groups in total. The molecule has 1 heterocycles. The van der Waals surface area contributed by atoms with Gasteiger partial charge in [-0.2, -0.15) is 0 Å². The van der Waals surface area contributed by atoms with Crippen molar-refractivity contribution in [1.29, 1.82) is 0 Å². The third-order valence-electron chi connectivity index (χ3n) is 2.29. The summed E-state index contributed by atoms with van der Waals surface area (Å²) in [5.41, 5.74) is -1.25. The summed E-state index contributed by atoms with van der Waals surface area (Å²) in [5, 5.41) is 19.2. The lowest BCUT2D eigenvalue weighted by molar-refractivity contribution is -0.263. The molecule has 0 bridgehead atoms. The Hall–Kier alpha value is -0.650. The van der Waals surface area contributed by atoms with Crippen LogP contribution in [0.1, 0.15) is 27.2 Å². The number of carbonyl (C=O) groups is 1. The first-order valence-electron chi connectivity index (χ1n) is 4.56. The Bertz CT molecular complexity index is 225. The number of carbonyl (C=O) groups excluding carboxylic acids is 1. The van der Waals surface area contributed by atoms with Crippen LogP contribution in [0.15, 0.2) is 0 Å². The van der Waals surface area contributed by atoms with Gasteiger partial charge < -0.3 is 19.7 Å². The van der Waals surface area contributed by atoms with Crippen molar-refractivity contribution in [3.05, 3.63) is 0 Å². The minimum absolute atomic E-state index is 0.0370. The maximum atomic E-state index is 10.8. The third kappa shape index (κ3) is 2.43. The fourth-order valence-corrected chi connectivity index (χ4v) is 1.74. The average Bonchev–Trinajstić information content (AvgIpc) is 1.95. The van der Waals surface area contributed by atoms with Gasteiger partial charge in [0.05, 0.1) is 6.10 Å². The highest BCUT2D eigenvalue weighted by atomic mass is 16.6. The van der Waals surface area contributed by atoms with Gasteiger partial charge in [0, 0.05) is 13.3 Å². The number of esters is 1. The molecule has 0 aromatic rings. The molecule has 1 aliphatic heterocycles. The summed E-state index contributed by atoms with van der Waals surface area (Å²) in [4.78, 5) is 10.8. The van der Waals surface area contributed by atoms with E-state index in [0.29, 0.717) is 0 Å². The number of aliphatic hydroxyl groups excluding tert-OH is 1. The maximum Gasteiger partial charge on any atom is 0.303 e. The van der Waals surface area contributed by atoms with Crippen LogP contribution in [0.4, 0.5) is 0 Å². The standard InChI is InChI=1S/C9H16O5/c1-5-8(14-6(2)10)9(3,12)4-7(11)13-5/h5,7-8,11-12H,4H2,1-3H3. The summed E-state index contributed by atoms with van der Waals surface area (Å²) in [5.74, 6) is -0.470. The van der Waals surface area contributed by atoms with E-state index in [2.05, 4.69) is 0 Å². The van der Waals surface area contributed by atoms with Gasteiger partial charge in [-0.1, -0.05) is 0 Å². The zero-order valence-electron chi connectivity index (χ0n) is 8.56. The summed E-state index contributed by atoms with van der Waals surface area (Å²) in [6.45, 7) is 4.43. The second-order valence-electron chi connectivity index (χ2n) is 3.89. The van der Waals surface area contributed by atoms with Crippen molar-refractivity contribution in [2.45, 2.75) is 51.3 Å². The Morgan fingerprint density at radius 2 is 2.21 bits per heavy atom. The average molecular weight is 204 g/mol. The van der Waals surface area contributed by atoms with E-state index in [9.17, 15) is 15.0 Å². The van der Waals surface area contributed by atoms with Gasteiger partial charge in [0.1, 0.15) is 5.60 Å². The first kappa shape index (κ1) is 11.4. The molecule has 1 rings (SSSR count). The number of ether oxygens (including phenoxy) is 2. The zero-order chi connectivity index (χ0) is 10.9. The van der Waals surface area contributed by atoms with E-state index in [0.717, 1.165) is 0 Å². The Balaban J connectivity index is 2.74. The predicted molar refractivity (Wildman–Crippen MR) is 47.3 cm³/mol. The van der Waals surface area contributed by atoms with Crippen LogP contribution < -0.4 is 0 Å². The van der Waals surface area contributed by atoms with Crippen molar-refractivity contribution in [3.8, 4) is 0 Å². The van der Waals surface area contributed by atoms with Crippen LogP contribution >= 0.6 is 0 Å². The Morgan fingerprint density at radius 3 is 2.64 bits per heavy atom. The van der Waals surface area contributed by atoms with Gasteiger partial charge in [-0.25, -0.2) is 0 Å². The molecular weight excluding hydrogens is 188 g/mol. The van der Waals surface area contributed by atoms with E-state index in [4.69, 9.17) is 9.47 Å². The monoisotopic (exact) mass is 204 g/mol. The molecule has 1 aliphatic rings. The van der Waals surface area contributed by atoms with Gasteiger partial charge in [0.25, 0.3) is 0 Å². The van der Waals surface area contributed by atoms with E-state index < -0.39 is 30.1 Å². The molecule has 5 nitrogen and oxygen atoms in total. The van der Waals surface area contributed by atoms with Crippen LogP contribution in [0, 0.1) is 0 Å².